The van der Waals surface area contributed by atoms with Crippen molar-refractivity contribution >= 4 is 11.2 Å². The summed E-state index contributed by atoms with van der Waals surface area (Å²) in [6.45, 7) is 0.197. The van der Waals surface area contributed by atoms with Crippen molar-refractivity contribution in [1.29, 1.82) is 0 Å². The van der Waals surface area contributed by atoms with Gasteiger partial charge in [0, 0.05) is 25.0 Å². The average molecular weight is 507 g/mol. The number of nitrogens with zero attached hydrogens (tertiary/aromatic N) is 6. The van der Waals surface area contributed by atoms with Gasteiger partial charge in [-0.2, -0.15) is 13.2 Å². The number of imidazole rings is 2. The monoisotopic (exact) mass is 507 g/mol. The molecule has 0 radical (unpaired) electrons. The SMILES string of the molecule is Cn1cc(C(F)(F)F)nc1-c1ccc(Cn2c(=O)[nH]c3cnc(-c4cccnc4OC4CC4)nc32)cc1. The third-order valence-electron chi connectivity index (χ3n) is 6.05. The van der Waals surface area contributed by atoms with E-state index < -0.39 is 11.9 Å². The van der Waals surface area contributed by atoms with E-state index in [9.17, 15) is 18.0 Å². The topological polar surface area (TPSA) is 104 Å². The Hall–Kier alpha value is -4.48. The fraction of sp³-hybridized carbons (Fsp3) is 0.240. The summed E-state index contributed by atoms with van der Waals surface area (Å²) in [7, 11) is 1.51. The summed E-state index contributed by atoms with van der Waals surface area (Å²) in [6, 6.07) is 10.4. The smallest absolute Gasteiger partial charge is 0.434 e. The number of nitrogens with one attached hydrogen (secondary N) is 1. The van der Waals surface area contributed by atoms with Crippen LogP contribution in [0.5, 0.6) is 5.88 Å². The van der Waals surface area contributed by atoms with E-state index in [1.54, 1.807) is 42.7 Å². The van der Waals surface area contributed by atoms with Gasteiger partial charge < -0.3 is 14.3 Å². The highest BCUT2D eigenvalue weighted by atomic mass is 19.4. The van der Waals surface area contributed by atoms with Crippen molar-refractivity contribution in [2.45, 2.75) is 31.7 Å². The van der Waals surface area contributed by atoms with Gasteiger partial charge in [-0.05, 0) is 30.5 Å². The molecular weight excluding hydrogens is 487 g/mol. The standard InChI is InChI=1S/C25H20F3N7O2/c1-34-13-19(25(26,27)28)32-21(34)15-6-4-14(5-7-15)12-35-22-18(31-24(35)36)11-30-20(33-22)17-3-2-10-29-23(17)37-16-8-9-16/h2-7,10-11,13,16H,8-9,12H2,1H3,(H,31,36). The summed E-state index contributed by atoms with van der Waals surface area (Å²) in [5.41, 5.74) is 1.51. The minimum atomic E-state index is -4.52. The molecule has 4 heterocycles. The molecule has 4 aromatic heterocycles. The van der Waals surface area contributed by atoms with Crippen LogP contribution in [-0.4, -0.2) is 40.2 Å². The van der Waals surface area contributed by atoms with Gasteiger partial charge in [0.15, 0.2) is 17.2 Å². The van der Waals surface area contributed by atoms with Crippen LogP contribution < -0.4 is 10.4 Å². The number of H-pyrrole nitrogens is 1. The highest BCUT2D eigenvalue weighted by Crippen LogP contribution is 2.32. The molecule has 1 fully saturated rings. The van der Waals surface area contributed by atoms with E-state index >= 15 is 0 Å². The third-order valence-corrected chi connectivity index (χ3v) is 6.05. The molecular formula is C25H20F3N7O2. The lowest BCUT2D eigenvalue weighted by molar-refractivity contribution is -0.140. The Morgan fingerprint density at radius 1 is 1.11 bits per heavy atom. The summed E-state index contributed by atoms with van der Waals surface area (Å²) in [5, 5.41) is 0. The maximum absolute atomic E-state index is 13.0. The van der Waals surface area contributed by atoms with E-state index in [0.717, 1.165) is 24.6 Å². The van der Waals surface area contributed by atoms with Crippen LogP contribution >= 0.6 is 0 Å². The van der Waals surface area contributed by atoms with Crippen LogP contribution in [0.4, 0.5) is 13.2 Å². The number of pyridine rings is 1. The maximum Gasteiger partial charge on any atom is 0.434 e. The molecule has 5 aromatic rings. The van der Waals surface area contributed by atoms with Crippen molar-refractivity contribution < 1.29 is 17.9 Å². The Bertz CT molecular complexity index is 1660. The minimum absolute atomic E-state index is 0.150. The van der Waals surface area contributed by atoms with Crippen LogP contribution in [0.1, 0.15) is 24.1 Å². The van der Waals surface area contributed by atoms with Crippen molar-refractivity contribution in [3.63, 3.8) is 0 Å². The summed E-state index contributed by atoms with van der Waals surface area (Å²) in [5.74, 6) is 1.03. The first-order chi connectivity index (χ1) is 17.8. The first kappa shape index (κ1) is 23.0. The summed E-state index contributed by atoms with van der Waals surface area (Å²) < 4.78 is 47.8. The second kappa shape index (κ2) is 8.57. The van der Waals surface area contributed by atoms with E-state index in [1.807, 2.05) is 6.07 Å². The van der Waals surface area contributed by atoms with Gasteiger partial charge in [-0.1, -0.05) is 24.3 Å². The lowest BCUT2D eigenvalue weighted by Gasteiger charge is -2.09. The van der Waals surface area contributed by atoms with Gasteiger partial charge in [0.2, 0.25) is 5.88 Å². The van der Waals surface area contributed by atoms with Gasteiger partial charge in [-0.25, -0.2) is 24.7 Å². The van der Waals surface area contributed by atoms with E-state index in [0.29, 0.717) is 34.0 Å². The lowest BCUT2D eigenvalue weighted by atomic mass is 10.1. The zero-order chi connectivity index (χ0) is 25.7. The highest BCUT2D eigenvalue weighted by Gasteiger charge is 2.34. The maximum atomic E-state index is 13.0. The Morgan fingerprint density at radius 2 is 1.89 bits per heavy atom. The fourth-order valence-electron chi connectivity index (χ4n) is 4.03. The summed E-state index contributed by atoms with van der Waals surface area (Å²) in [6.07, 6.45) is 1.74. The van der Waals surface area contributed by atoms with Crippen molar-refractivity contribution in [3.05, 3.63) is 76.7 Å². The van der Waals surface area contributed by atoms with Gasteiger partial charge in [0.05, 0.1) is 18.3 Å². The van der Waals surface area contributed by atoms with Gasteiger partial charge in [-0.3, -0.25) is 4.57 Å². The van der Waals surface area contributed by atoms with Gasteiger partial charge in [-0.15, -0.1) is 0 Å². The molecule has 9 nitrogen and oxygen atoms in total. The van der Waals surface area contributed by atoms with Crippen molar-refractivity contribution in [3.8, 4) is 28.7 Å². The Labute approximate surface area is 207 Å². The first-order valence-electron chi connectivity index (χ1n) is 11.5. The molecule has 0 atom stereocenters. The highest BCUT2D eigenvalue weighted by molar-refractivity contribution is 5.74. The lowest BCUT2D eigenvalue weighted by Crippen LogP contribution is -2.17. The number of benzene rings is 1. The molecule has 12 heteroatoms. The molecule has 1 aliphatic carbocycles. The average Bonchev–Trinajstić information content (AvgIpc) is 3.52. The molecule has 1 aromatic carbocycles. The molecule has 0 amide bonds. The van der Waals surface area contributed by atoms with Crippen LogP contribution in [0.25, 0.3) is 33.9 Å². The van der Waals surface area contributed by atoms with Crippen LogP contribution in [0.15, 0.2) is 59.8 Å². The van der Waals surface area contributed by atoms with E-state index in [1.165, 1.54) is 16.2 Å². The van der Waals surface area contributed by atoms with Gasteiger partial charge >= 0.3 is 11.9 Å². The van der Waals surface area contributed by atoms with Crippen LogP contribution in [-0.2, 0) is 19.8 Å². The third kappa shape index (κ3) is 4.46. The quantitative estimate of drug-likeness (QED) is 0.370. The summed E-state index contributed by atoms with van der Waals surface area (Å²) >= 11 is 0. The normalized spacial score (nSPS) is 13.8. The van der Waals surface area contributed by atoms with E-state index in [4.69, 9.17) is 4.74 Å². The molecule has 6 rings (SSSR count). The largest absolute Gasteiger partial charge is 0.474 e. The number of fused-ring (bicyclic) bond motifs is 1. The number of rotatable bonds is 6. The number of aromatic amines is 1. The van der Waals surface area contributed by atoms with Crippen LogP contribution in [0.2, 0.25) is 0 Å². The van der Waals surface area contributed by atoms with Crippen LogP contribution in [0.3, 0.4) is 0 Å². The number of hydrogen-bond donors (Lipinski definition) is 1. The molecule has 0 bridgehead atoms. The molecule has 188 valence electrons. The number of alkyl halides is 3. The molecule has 0 aliphatic heterocycles. The van der Waals surface area contributed by atoms with Crippen LogP contribution in [0, 0.1) is 0 Å². The number of ether oxygens (including phenoxy) is 1. The van der Waals surface area contributed by atoms with Gasteiger partial charge in [0.1, 0.15) is 17.4 Å². The number of aryl methyl sites for hydroxylation is 1. The molecule has 1 saturated carbocycles. The second-order valence-electron chi connectivity index (χ2n) is 8.88. The van der Waals surface area contributed by atoms with Crippen molar-refractivity contribution in [2.75, 3.05) is 0 Å². The first-order valence-corrected chi connectivity index (χ1v) is 11.5. The summed E-state index contributed by atoms with van der Waals surface area (Å²) in [4.78, 5) is 32.6. The number of aromatic nitrogens is 7. The molecule has 0 spiro atoms. The Morgan fingerprint density at radius 3 is 2.59 bits per heavy atom. The number of hydrogen-bond acceptors (Lipinski definition) is 6. The van der Waals surface area contributed by atoms with E-state index in [-0.39, 0.29) is 24.2 Å². The minimum Gasteiger partial charge on any atom is -0.474 e. The molecule has 1 N–H and O–H groups in total. The van der Waals surface area contributed by atoms with Crippen molar-refractivity contribution in [2.24, 2.45) is 7.05 Å². The second-order valence-corrected chi connectivity index (χ2v) is 8.88. The Balaban J connectivity index is 1.31. The number of halogens is 3. The molecule has 0 unspecified atom stereocenters. The fourth-order valence-corrected chi connectivity index (χ4v) is 4.03. The van der Waals surface area contributed by atoms with Crippen molar-refractivity contribution in [1.82, 2.24) is 34.1 Å². The van der Waals surface area contributed by atoms with E-state index in [2.05, 4.69) is 24.9 Å². The molecule has 1 aliphatic rings. The Kier molecular flexibility index (Phi) is 5.32. The molecule has 0 saturated heterocycles. The predicted octanol–water partition coefficient (Wildman–Crippen LogP) is 4.19. The molecule has 37 heavy (non-hydrogen) atoms. The zero-order valence-electron chi connectivity index (χ0n) is 19.5. The van der Waals surface area contributed by atoms with Gasteiger partial charge in [0.25, 0.3) is 0 Å². The zero-order valence-corrected chi connectivity index (χ0v) is 19.5. The predicted molar refractivity (Wildman–Crippen MR) is 128 cm³/mol.